The number of hydrogen-bond donors (Lipinski definition) is 3. The second-order valence-corrected chi connectivity index (χ2v) is 4.75. The highest BCUT2D eigenvalue weighted by Crippen LogP contribution is 2.29. The minimum Gasteiger partial charge on any atom is -0.398 e. The monoisotopic (exact) mass is 267 g/mol. The lowest BCUT2D eigenvalue weighted by molar-refractivity contribution is -0.384. The fourth-order valence-electron chi connectivity index (χ4n) is 2.20. The van der Waals surface area contributed by atoms with Crippen molar-refractivity contribution in [1.82, 2.24) is 0 Å². The van der Waals surface area contributed by atoms with E-state index in [-0.39, 0.29) is 12.3 Å². The van der Waals surface area contributed by atoms with Crippen LogP contribution in [-0.2, 0) is 4.74 Å². The molecule has 0 aliphatic carbocycles. The Labute approximate surface area is 110 Å². The summed E-state index contributed by atoms with van der Waals surface area (Å²) in [6.07, 6.45) is 1.29. The van der Waals surface area contributed by atoms with Gasteiger partial charge in [0.15, 0.2) is 0 Å². The maximum Gasteiger partial charge on any atom is 0.273 e. The third-order valence-corrected chi connectivity index (χ3v) is 3.31. The molecule has 2 rings (SSSR count). The molecule has 1 aromatic carbocycles. The average Bonchev–Trinajstić information content (AvgIpc) is 2.39. The number of nitro groups is 1. The molecule has 19 heavy (non-hydrogen) atoms. The SMILES string of the molecule is Nc1cc(NC2(CO)CCOCC2)cc([N+](=O)[O-])c1. The molecule has 0 saturated carbocycles. The molecule has 1 aliphatic rings. The average molecular weight is 267 g/mol. The Morgan fingerprint density at radius 3 is 2.68 bits per heavy atom. The molecule has 7 heteroatoms. The van der Waals surface area contributed by atoms with Gasteiger partial charge in [-0.1, -0.05) is 0 Å². The second kappa shape index (κ2) is 5.41. The number of hydrogen-bond acceptors (Lipinski definition) is 6. The minimum atomic E-state index is -0.500. The summed E-state index contributed by atoms with van der Waals surface area (Å²) < 4.78 is 5.27. The molecule has 104 valence electrons. The first kappa shape index (κ1) is 13.6. The van der Waals surface area contributed by atoms with Gasteiger partial charge in [-0.25, -0.2) is 0 Å². The number of ether oxygens (including phenoxy) is 1. The first-order valence-corrected chi connectivity index (χ1v) is 6.06. The van der Waals surface area contributed by atoms with Crippen molar-refractivity contribution in [2.45, 2.75) is 18.4 Å². The lowest BCUT2D eigenvalue weighted by atomic mass is 9.90. The van der Waals surface area contributed by atoms with E-state index in [0.29, 0.717) is 37.4 Å². The highest BCUT2D eigenvalue weighted by molar-refractivity contribution is 5.62. The van der Waals surface area contributed by atoms with Gasteiger partial charge in [0.1, 0.15) is 0 Å². The number of aliphatic hydroxyl groups is 1. The van der Waals surface area contributed by atoms with E-state index >= 15 is 0 Å². The normalized spacial score (nSPS) is 17.9. The van der Waals surface area contributed by atoms with Crippen molar-refractivity contribution in [3.8, 4) is 0 Å². The number of nitrogens with one attached hydrogen (secondary N) is 1. The van der Waals surface area contributed by atoms with Crippen LogP contribution in [0.3, 0.4) is 0 Å². The van der Waals surface area contributed by atoms with Gasteiger partial charge in [0.25, 0.3) is 5.69 Å². The zero-order valence-corrected chi connectivity index (χ0v) is 10.5. The zero-order chi connectivity index (χ0) is 13.9. The number of nitro benzene ring substituents is 1. The minimum absolute atomic E-state index is 0.0566. The fourth-order valence-corrected chi connectivity index (χ4v) is 2.20. The second-order valence-electron chi connectivity index (χ2n) is 4.75. The van der Waals surface area contributed by atoms with E-state index < -0.39 is 10.5 Å². The summed E-state index contributed by atoms with van der Waals surface area (Å²) in [6, 6.07) is 4.35. The highest BCUT2D eigenvalue weighted by Gasteiger charge is 2.32. The molecule has 0 unspecified atom stereocenters. The van der Waals surface area contributed by atoms with Crippen molar-refractivity contribution < 1.29 is 14.8 Å². The van der Waals surface area contributed by atoms with Crippen LogP contribution in [0.4, 0.5) is 17.1 Å². The molecule has 1 heterocycles. The van der Waals surface area contributed by atoms with E-state index in [2.05, 4.69) is 5.32 Å². The van der Waals surface area contributed by atoms with Gasteiger partial charge in [0.05, 0.1) is 17.1 Å². The number of anilines is 2. The molecule has 0 spiro atoms. The number of nitrogen functional groups attached to an aromatic ring is 1. The van der Waals surface area contributed by atoms with E-state index in [1.807, 2.05) is 0 Å². The summed E-state index contributed by atoms with van der Waals surface area (Å²) in [7, 11) is 0. The number of rotatable bonds is 4. The summed E-state index contributed by atoms with van der Waals surface area (Å²) >= 11 is 0. The lowest BCUT2D eigenvalue weighted by Gasteiger charge is -2.37. The van der Waals surface area contributed by atoms with Crippen LogP contribution in [0, 0.1) is 10.1 Å². The van der Waals surface area contributed by atoms with Gasteiger partial charge in [-0.2, -0.15) is 0 Å². The van der Waals surface area contributed by atoms with E-state index in [0.717, 1.165) is 0 Å². The first-order valence-electron chi connectivity index (χ1n) is 6.06. The molecule has 0 aromatic heterocycles. The van der Waals surface area contributed by atoms with Crippen LogP contribution in [0.1, 0.15) is 12.8 Å². The van der Waals surface area contributed by atoms with Gasteiger partial charge in [0.2, 0.25) is 0 Å². The Balaban J connectivity index is 2.23. The Morgan fingerprint density at radius 1 is 1.42 bits per heavy atom. The highest BCUT2D eigenvalue weighted by atomic mass is 16.6. The zero-order valence-electron chi connectivity index (χ0n) is 10.5. The molecule has 0 amide bonds. The molecular weight excluding hydrogens is 250 g/mol. The Morgan fingerprint density at radius 2 is 2.11 bits per heavy atom. The molecule has 1 saturated heterocycles. The molecule has 7 nitrogen and oxygen atoms in total. The lowest BCUT2D eigenvalue weighted by Crippen LogP contribution is -2.46. The summed E-state index contributed by atoms with van der Waals surface area (Å²) in [6.45, 7) is 1.05. The van der Waals surface area contributed by atoms with Crippen molar-refractivity contribution >= 4 is 17.1 Å². The fraction of sp³-hybridized carbons (Fsp3) is 0.500. The van der Waals surface area contributed by atoms with E-state index in [4.69, 9.17) is 10.5 Å². The predicted octanol–water partition coefficient (Wildman–Crippen LogP) is 1.13. The van der Waals surface area contributed by atoms with Gasteiger partial charge in [-0.05, 0) is 18.9 Å². The number of nitrogens with two attached hydrogens (primary N) is 1. The molecular formula is C12H17N3O4. The van der Waals surface area contributed by atoms with Gasteiger partial charge in [0, 0.05) is 36.7 Å². The summed E-state index contributed by atoms with van der Waals surface area (Å²) in [5.74, 6) is 0. The summed E-state index contributed by atoms with van der Waals surface area (Å²) in [5.41, 5.74) is 5.95. The van der Waals surface area contributed by atoms with E-state index in [1.165, 1.54) is 12.1 Å². The van der Waals surface area contributed by atoms with Crippen molar-refractivity contribution in [2.24, 2.45) is 0 Å². The molecule has 1 aliphatic heterocycles. The molecule has 1 fully saturated rings. The van der Waals surface area contributed by atoms with Crippen molar-refractivity contribution in [1.29, 1.82) is 0 Å². The number of nitrogens with zero attached hydrogens (tertiary/aromatic N) is 1. The van der Waals surface area contributed by atoms with E-state index in [1.54, 1.807) is 6.07 Å². The Hall–Kier alpha value is -1.86. The molecule has 0 bridgehead atoms. The van der Waals surface area contributed by atoms with Crippen LogP contribution in [0.15, 0.2) is 18.2 Å². The number of non-ortho nitro benzene ring substituents is 1. The Bertz CT molecular complexity index is 472. The van der Waals surface area contributed by atoms with Crippen LogP contribution < -0.4 is 11.1 Å². The molecule has 4 N–H and O–H groups in total. The van der Waals surface area contributed by atoms with Crippen molar-refractivity contribution in [2.75, 3.05) is 30.9 Å². The van der Waals surface area contributed by atoms with Crippen LogP contribution in [0.5, 0.6) is 0 Å². The van der Waals surface area contributed by atoms with Gasteiger partial charge >= 0.3 is 0 Å². The van der Waals surface area contributed by atoms with Gasteiger partial charge < -0.3 is 20.9 Å². The summed E-state index contributed by atoms with van der Waals surface area (Å²) in [5, 5.41) is 23.5. The van der Waals surface area contributed by atoms with Crippen LogP contribution in [0.2, 0.25) is 0 Å². The third-order valence-electron chi connectivity index (χ3n) is 3.31. The van der Waals surface area contributed by atoms with Gasteiger partial charge in [-0.15, -0.1) is 0 Å². The number of aliphatic hydroxyl groups excluding tert-OH is 1. The standard InChI is InChI=1S/C12H17N3O4/c13-9-5-10(7-11(6-9)15(17)18)14-12(8-16)1-3-19-4-2-12/h5-7,14,16H,1-4,8,13H2. The smallest absolute Gasteiger partial charge is 0.273 e. The molecule has 1 aromatic rings. The first-order chi connectivity index (χ1) is 9.04. The van der Waals surface area contributed by atoms with Crippen molar-refractivity contribution in [3.63, 3.8) is 0 Å². The van der Waals surface area contributed by atoms with Crippen molar-refractivity contribution in [3.05, 3.63) is 28.3 Å². The molecule has 0 radical (unpaired) electrons. The third kappa shape index (κ3) is 3.12. The summed E-state index contributed by atoms with van der Waals surface area (Å²) in [4.78, 5) is 10.3. The van der Waals surface area contributed by atoms with Gasteiger partial charge in [-0.3, -0.25) is 10.1 Å². The largest absolute Gasteiger partial charge is 0.398 e. The topological polar surface area (TPSA) is 111 Å². The van der Waals surface area contributed by atoms with Crippen LogP contribution in [0.25, 0.3) is 0 Å². The van der Waals surface area contributed by atoms with Crippen LogP contribution in [-0.4, -0.2) is 35.4 Å². The number of benzene rings is 1. The predicted molar refractivity (Wildman–Crippen MR) is 71.0 cm³/mol. The maximum absolute atomic E-state index is 10.8. The Kier molecular flexibility index (Phi) is 3.87. The maximum atomic E-state index is 10.8. The quantitative estimate of drug-likeness (QED) is 0.428. The van der Waals surface area contributed by atoms with E-state index in [9.17, 15) is 15.2 Å². The van der Waals surface area contributed by atoms with Crippen LogP contribution >= 0.6 is 0 Å². The molecule has 0 atom stereocenters.